The zero-order valence-electron chi connectivity index (χ0n) is 10.5. The molecule has 0 saturated heterocycles. The number of rotatable bonds is 4. The quantitative estimate of drug-likeness (QED) is 0.563. The smallest absolute Gasteiger partial charge is 0.270 e. The molecule has 2 N–H and O–H groups in total. The van der Waals surface area contributed by atoms with Crippen LogP contribution >= 0.6 is 11.3 Å². The van der Waals surface area contributed by atoms with Gasteiger partial charge in [-0.15, -0.1) is 0 Å². The lowest BCUT2D eigenvalue weighted by molar-refractivity contribution is -0.384. The molecule has 0 bridgehead atoms. The van der Waals surface area contributed by atoms with E-state index in [1.54, 1.807) is 6.07 Å². The highest BCUT2D eigenvalue weighted by molar-refractivity contribution is 7.22. The standard InChI is InChI=1S/C11H10N6O2S/c1-6-13-10(16-15-6)5-12-11-14-8-3-2-7(17(18)19)4-9(8)20-11/h2-4H,5H2,1H3,(H,12,14)(H,13,15,16). The second-order valence-corrected chi connectivity index (χ2v) is 5.15. The lowest BCUT2D eigenvalue weighted by atomic mass is 10.3. The van der Waals surface area contributed by atoms with Gasteiger partial charge in [0.25, 0.3) is 5.69 Å². The Hall–Kier alpha value is -2.55. The molecule has 2 aromatic heterocycles. The van der Waals surface area contributed by atoms with Crippen LogP contribution in [0.1, 0.15) is 11.6 Å². The first-order valence-corrected chi connectivity index (χ1v) is 6.60. The number of anilines is 1. The van der Waals surface area contributed by atoms with E-state index in [-0.39, 0.29) is 5.69 Å². The molecular weight excluding hydrogens is 280 g/mol. The molecule has 0 atom stereocenters. The summed E-state index contributed by atoms with van der Waals surface area (Å²) in [5, 5.41) is 21.3. The molecule has 0 unspecified atom stereocenters. The normalized spacial score (nSPS) is 10.8. The average Bonchev–Trinajstić information content (AvgIpc) is 3.00. The molecule has 20 heavy (non-hydrogen) atoms. The Kier molecular flexibility index (Phi) is 3.03. The van der Waals surface area contributed by atoms with Gasteiger partial charge in [0.05, 0.1) is 21.7 Å². The van der Waals surface area contributed by atoms with Crippen LogP contribution in [-0.2, 0) is 6.54 Å². The number of hydrogen-bond acceptors (Lipinski definition) is 7. The van der Waals surface area contributed by atoms with Crippen molar-refractivity contribution in [1.82, 2.24) is 20.2 Å². The molecule has 0 aliphatic heterocycles. The van der Waals surface area contributed by atoms with Crippen molar-refractivity contribution < 1.29 is 4.92 Å². The van der Waals surface area contributed by atoms with E-state index in [0.717, 1.165) is 16.0 Å². The highest BCUT2D eigenvalue weighted by Gasteiger charge is 2.10. The fourth-order valence-corrected chi connectivity index (χ4v) is 2.62. The number of H-pyrrole nitrogens is 1. The average molecular weight is 290 g/mol. The van der Waals surface area contributed by atoms with Gasteiger partial charge in [-0.1, -0.05) is 11.3 Å². The van der Waals surface area contributed by atoms with E-state index in [1.807, 2.05) is 6.92 Å². The van der Waals surface area contributed by atoms with Crippen LogP contribution in [-0.4, -0.2) is 25.1 Å². The van der Waals surface area contributed by atoms with E-state index in [4.69, 9.17) is 0 Å². The highest BCUT2D eigenvalue weighted by Crippen LogP contribution is 2.29. The maximum absolute atomic E-state index is 10.7. The maximum Gasteiger partial charge on any atom is 0.270 e. The minimum atomic E-state index is -0.414. The summed E-state index contributed by atoms with van der Waals surface area (Å²) in [5.74, 6) is 1.40. The maximum atomic E-state index is 10.7. The Bertz CT molecular complexity index is 780. The predicted molar refractivity (Wildman–Crippen MR) is 74.7 cm³/mol. The van der Waals surface area contributed by atoms with Gasteiger partial charge < -0.3 is 5.32 Å². The predicted octanol–water partition coefficient (Wildman–Crippen LogP) is 2.24. The minimum absolute atomic E-state index is 0.0669. The molecule has 2 heterocycles. The summed E-state index contributed by atoms with van der Waals surface area (Å²) < 4.78 is 0.771. The van der Waals surface area contributed by atoms with E-state index in [0.29, 0.717) is 17.5 Å². The molecule has 8 nitrogen and oxygen atoms in total. The Morgan fingerprint density at radius 3 is 3.00 bits per heavy atom. The third-order valence-electron chi connectivity index (χ3n) is 2.62. The summed E-state index contributed by atoms with van der Waals surface area (Å²) in [5.41, 5.74) is 0.798. The molecule has 0 aliphatic rings. The lowest BCUT2D eigenvalue weighted by Gasteiger charge is -1.96. The van der Waals surface area contributed by atoms with E-state index >= 15 is 0 Å². The SMILES string of the molecule is Cc1nc(CNc2nc3ccc([N+](=O)[O-])cc3s2)n[nH]1. The molecule has 3 aromatic rings. The number of aromatic nitrogens is 4. The number of benzene rings is 1. The van der Waals surface area contributed by atoms with Crippen LogP contribution < -0.4 is 5.32 Å². The fraction of sp³-hybridized carbons (Fsp3) is 0.182. The minimum Gasteiger partial charge on any atom is -0.354 e. The van der Waals surface area contributed by atoms with Crippen molar-refractivity contribution in [2.24, 2.45) is 0 Å². The Labute approximate surface area is 117 Å². The van der Waals surface area contributed by atoms with Gasteiger partial charge in [0.2, 0.25) is 0 Å². The van der Waals surface area contributed by atoms with E-state index in [1.165, 1.54) is 23.5 Å². The van der Waals surface area contributed by atoms with E-state index < -0.39 is 4.92 Å². The van der Waals surface area contributed by atoms with E-state index in [2.05, 4.69) is 25.5 Å². The van der Waals surface area contributed by atoms with Gasteiger partial charge in [0.15, 0.2) is 11.0 Å². The zero-order valence-corrected chi connectivity index (χ0v) is 11.3. The van der Waals surface area contributed by atoms with Gasteiger partial charge in [-0.2, -0.15) is 5.10 Å². The van der Waals surface area contributed by atoms with Crippen molar-refractivity contribution in [3.8, 4) is 0 Å². The molecule has 0 fully saturated rings. The van der Waals surface area contributed by atoms with Crippen molar-refractivity contribution in [3.05, 3.63) is 40.0 Å². The summed E-state index contributed by atoms with van der Waals surface area (Å²) in [6, 6.07) is 4.62. The molecule has 0 spiro atoms. The van der Waals surface area contributed by atoms with Gasteiger partial charge in [-0.05, 0) is 13.0 Å². The van der Waals surface area contributed by atoms with Gasteiger partial charge >= 0.3 is 0 Å². The number of nitrogens with zero attached hydrogens (tertiary/aromatic N) is 4. The summed E-state index contributed by atoms with van der Waals surface area (Å²) in [7, 11) is 0. The topological polar surface area (TPSA) is 110 Å². The molecule has 1 aromatic carbocycles. The van der Waals surface area contributed by atoms with Gasteiger partial charge in [0.1, 0.15) is 5.82 Å². The molecule has 9 heteroatoms. The van der Waals surface area contributed by atoms with Crippen LogP contribution in [0.3, 0.4) is 0 Å². The molecule has 0 radical (unpaired) electrons. The molecule has 0 aliphatic carbocycles. The Balaban J connectivity index is 1.80. The van der Waals surface area contributed by atoms with Crippen LogP contribution in [0.15, 0.2) is 18.2 Å². The summed E-state index contributed by atoms with van der Waals surface area (Å²) in [4.78, 5) is 18.8. The summed E-state index contributed by atoms with van der Waals surface area (Å²) >= 11 is 1.36. The van der Waals surface area contributed by atoms with Crippen LogP contribution in [0, 0.1) is 17.0 Å². The number of hydrogen-bond donors (Lipinski definition) is 2. The van der Waals surface area contributed by atoms with Crippen molar-refractivity contribution >= 4 is 32.4 Å². The van der Waals surface area contributed by atoms with Crippen LogP contribution in [0.2, 0.25) is 0 Å². The van der Waals surface area contributed by atoms with Crippen molar-refractivity contribution in [2.75, 3.05) is 5.32 Å². The second-order valence-electron chi connectivity index (χ2n) is 4.12. The third kappa shape index (κ3) is 2.43. The number of thiazole rings is 1. The van der Waals surface area contributed by atoms with Gasteiger partial charge in [-0.25, -0.2) is 9.97 Å². The van der Waals surface area contributed by atoms with Crippen molar-refractivity contribution in [3.63, 3.8) is 0 Å². The number of aryl methyl sites for hydroxylation is 1. The Morgan fingerprint density at radius 1 is 1.45 bits per heavy atom. The monoisotopic (exact) mass is 290 g/mol. The first-order valence-electron chi connectivity index (χ1n) is 5.78. The van der Waals surface area contributed by atoms with Crippen molar-refractivity contribution in [1.29, 1.82) is 0 Å². The lowest BCUT2D eigenvalue weighted by Crippen LogP contribution is -2.00. The van der Waals surface area contributed by atoms with E-state index in [9.17, 15) is 10.1 Å². The summed E-state index contributed by atoms with van der Waals surface area (Å²) in [6.07, 6.45) is 0. The number of fused-ring (bicyclic) bond motifs is 1. The number of aromatic amines is 1. The molecule has 3 rings (SSSR count). The number of non-ortho nitro benzene ring substituents is 1. The number of nitro benzene ring substituents is 1. The van der Waals surface area contributed by atoms with Crippen molar-refractivity contribution in [2.45, 2.75) is 13.5 Å². The van der Waals surface area contributed by atoms with Crippen LogP contribution in [0.25, 0.3) is 10.2 Å². The summed E-state index contributed by atoms with van der Waals surface area (Å²) in [6.45, 7) is 2.28. The van der Waals surface area contributed by atoms with Gasteiger partial charge in [0, 0.05) is 12.1 Å². The highest BCUT2D eigenvalue weighted by atomic mass is 32.1. The molecule has 0 saturated carbocycles. The molecule has 102 valence electrons. The third-order valence-corrected chi connectivity index (χ3v) is 3.60. The zero-order chi connectivity index (χ0) is 14.1. The molecule has 0 amide bonds. The first-order chi connectivity index (χ1) is 9.61. The fourth-order valence-electron chi connectivity index (χ4n) is 1.73. The molecular formula is C11H10N6O2S. The van der Waals surface area contributed by atoms with Gasteiger partial charge in [-0.3, -0.25) is 15.2 Å². The second kappa shape index (κ2) is 4.85. The van der Waals surface area contributed by atoms with Crippen LogP contribution in [0.4, 0.5) is 10.8 Å². The number of nitrogens with one attached hydrogen (secondary N) is 2. The number of nitro groups is 1. The van der Waals surface area contributed by atoms with Crippen LogP contribution in [0.5, 0.6) is 0 Å². The first kappa shape index (κ1) is 12.5. The Morgan fingerprint density at radius 2 is 2.30 bits per heavy atom. The largest absolute Gasteiger partial charge is 0.354 e.